The van der Waals surface area contributed by atoms with Crippen molar-refractivity contribution in [2.45, 2.75) is 6.92 Å². The Labute approximate surface area is 106 Å². The van der Waals surface area contributed by atoms with Crippen LogP contribution in [0.4, 0.5) is 0 Å². The zero-order valence-electron chi connectivity index (χ0n) is 8.01. The average Bonchev–Trinajstić information content (AvgIpc) is 2.60. The normalized spacial score (nSPS) is 11.0. The number of hydrogen-bond donors (Lipinski definition) is 0. The molecule has 0 N–H and O–H groups in total. The largest absolute Gasteiger partial charge is 0.256 e. The molecule has 0 aliphatic heterocycles. The third kappa shape index (κ3) is 1.78. The molecule has 0 saturated heterocycles. The average molecular weight is 282 g/mol. The number of thiophene rings is 1. The van der Waals surface area contributed by atoms with Crippen LogP contribution in [0.15, 0.2) is 5.38 Å². The highest BCUT2D eigenvalue weighted by Gasteiger charge is 2.18. The maximum Gasteiger partial charge on any atom is 0.134 e. The number of hydrogen-bond acceptors (Lipinski definition) is 2. The maximum atomic E-state index is 6.13. The fourth-order valence-corrected chi connectivity index (χ4v) is 2.95. The van der Waals surface area contributed by atoms with E-state index in [4.69, 9.17) is 34.8 Å². The van der Waals surface area contributed by atoms with Gasteiger partial charge in [-0.25, -0.2) is 0 Å². The summed E-state index contributed by atoms with van der Waals surface area (Å²) < 4.78 is 2.19. The Kier molecular flexibility index (Phi) is 2.99. The fraction of sp³-hybridized carbons (Fsp3) is 0.222. The van der Waals surface area contributed by atoms with E-state index in [-0.39, 0.29) is 0 Å². The minimum Gasteiger partial charge on any atom is -0.256 e. The topological polar surface area (TPSA) is 17.8 Å². The summed E-state index contributed by atoms with van der Waals surface area (Å²) in [6, 6.07) is 0. The van der Waals surface area contributed by atoms with Crippen molar-refractivity contribution in [1.82, 2.24) is 9.78 Å². The summed E-state index contributed by atoms with van der Waals surface area (Å²) in [4.78, 5) is 0. The Bertz CT molecular complexity index is 516. The molecule has 0 aromatic carbocycles. The zero-order valence-corrected chi connectivity index (χ0v) is 11.1. The second-order valence-corrected chi connectivity index (χ2v) is 5.33. The first-order valence-corrected chi connectivity index (χ1v) is 6.15. The molecule has 0 aliphatic carbocycles. The Morgan fingerprint density at radius 1 is 1.33 bits per heavy atom. The van der Waals surface area contributed by atoms with Crippen LogP contribution in [0.3, 0.4) is 0 Å². The summed E-state index contributed by atoms with van der Waals surface area (Å²) >= 11 is 19.5. The van der Waals surface area contributed by atoms with Crippen molar-refractivity contribution in [3.63, 3.8) is 0 Å². The first-order chi connectivity index (χ1) is 7.02. The van der Waals surface area contributed by atoms with Crippen LogP contribution in [0, 0.1) is 6.92 Å². The predicted octanol–water partition coefficient (Wildman–Crippen LogP) is 4.42. The monoisotopic (exact) mass is 280 g/mol. The number of rotatable bonds is 1. The third-order valence-electron chi connectivity index (χ3n) is 2.11. The summed E-state index contributed by atoms with van der Waals surface area (Å²) in [6.45, 7) is 1.89. The van der Waals surface area contributed by atoms with Crippen molar-refractivity contribution in [2.75, 3.05) is 0 Å². The van der Waals surface area contributed by atoms with E-state index < -0.39 is 0 Å². The summed E-state index contributed by atoms with van der Waals surface area (Å²) in [6.07, 6.45) is 0. The van der Waals surface area contributed by atoms with Crippen LogP contribution in [0.2, 0.25) is 14.5 Å². The molecular formula is C9H7Cl3N2S. The molecule has 0 fully saturated rings. The highest BCUT2D eigenvalue weighted by Crippen LogP contribution is 2.42. The molecule has 2 aromatic rings. The van der Waals surface area contributed by atoms with Gasteiger partial charge < -0.3 is 0 Å². The van der Waals surface area contributed by atoms with Gasteiger partial charge in [-0.2, -0.15) is 5.10 Å². The molecule has 0 amide bonds. The molecule has 2 nitrogen and oxygen atoms in total. The van der Waals surface area contributed by atoms with Gasteiger partial charge in [0, 0.05) is 23.6 Å². The summed E-state index contributed by atoms with van der Waals surface area (Å²) in [5.41, 5.74) is 2.55. The molecule has 2 aromatic heterocycles. The first kappa shape index (κ1) is 11.3. The van der Waals surface area contributed by atoms with Crippen LogP contribution in [-0.2, 0) is 7.05 Å². The first-order valence-electron chi connectivity index (χ1n) is 4.14. The predicted molar refractivity (Wildman–Crippen MR) is 66.3 cm³/mol. The Morgan fingerprint density at radius 3 is 2.40 bits per heavy atom. The van der Waals surface area contributed by atoms with Crippen molar-refractivity contribution in [3.05, 3.63) is 25.6 Å². The molecule has 0 unspecified atom stereocenters. The van der Waals surface area contributed by atoms with Gasteiger partial charge in [0.1, 0.15) is 9.49 Å². The molecule has 2 rings (SSSR count). The number of halogens is 3. The molecule has 0 atom stereocenters. The summed E-state index contributed by atoms with van der Waals surface area (Å²) in [5, 5.41) is 7.23. The quantitative estimate of drug-likeness (QED) is 0.757. The van der Waals surface area contributed by atoms with Crippen molar-refractivity contribution < 1.29 is 0 Å². The molecule has 2 heterocycles. The van der Waals surface area contributed by atoms with Crippen LogP contribution in [-0.4, -0.2) is 9.78 Å². The van der Waals surface area contributed by atoms with Crippen LogP contribution in [0.1, 0.15) is 5.69 Å². The smallest absolute Gasteiger partial charge is 0.134 e. The maximum absolute atomic E-state index is 6.13. The molecule has 0 radical (unpaired) electrons. The van der Waals surface area contributed by atoms with E-state index in [9.17, 15) is 0 Å². The van der Waals surface area contributed by atoms with Gasteiger partial charge in [-0.15, -0.1) is 11.3 Å². The van der Waals surface area contributed by atoms with Crippen molar-refractivity contribution in [3.8, 4) is 11.1 Å². The second-order valence-electron chi connectivity index (χ2n) is 3.11. The molecule has 80 valence electrons. The SMILES string of the molecule is Cc1nn(C)c(Cl)c1-c1csc(Cl)c1Cl. The highest BCUT2D eigenvalue weighted by atomic mass is 35.5. The van der Waals surface area contributed by atoms with Gasteiger partial charge in [-0.3, -0.25) is 4.68 Å². The van der Waals surface area contributed by atoms with E-state index in [0.29, 0.717) is 14.5 Å². The van der Waals surface area contributed by atoms with Gasteiger partial charge >= 0.3 is 0 Å². The zero-order chi connectivity index (χ0) is 11.2. The third-order valence-corrected chi connectivity index (χ3v) is 4.37. The minimum absolute atomic E-state index is 0.541. The van der Waals surface area contributed by atoms with Gasteiger partial charge in [-0.05, 0) is 6.92 Å². The Balaban J connectivity index is 2.68. The number of aromatic nitrogens is 2. The van der Waals surface area contributed by atoms with Crippen molar-refractivity contribution in [2.24, 2.45) is 7.05 Å². The lowest BCUT2D eigenvalue weighted by Crippen LogP contribution is -1.88. The van der Waals surface area contributed by atoms with Gasteiger partial charge in [0.15, 0.2) is 0 Å². The summed E-state index contributed by atoms with van der Waals surface area (Å²) in [5.74, 6) is 0. The molecule has 15 heavy (non-hydrogen) atoms. The number of aryl methyl sites for hydroxylation is 2. The van der Waals surface area contributed by atoms with Gasteiger partial charge in [0.2, 0.25) is 0 Å². The summed E-state index contributed by atoms with van der Waals surface area (Å²) in [7, 11) is 1.79. The van der Waals surface area contributed by atoms with E-state index in [2.05, 4.69) is 5.10 Å². The van der Waals surface area contributed by atoms with Crippen molar-refractivity contribution in [1.29, 1.82) is 0 Å². The van der Waals surface area contributed by atoms with E-state index in [1.54, 1.807) is 11.7 Å². The van der Waals surface area contributed by atoms with E-state index >= 15 is 0 Å². The van der Waals surface area contributed by atoms with Crippen LogP contribution < -0.4 is 0 Å². The molecule has 6 heteroatoms. The number of nitrogens with zero attached hydrogens (tertiary/aromatic N) is 2. The molecule has 0 saturated carbocycles. The van der Waals surface area contributed by atoms with Crippen LogP contribution >= 0.6 is 46.1 Å². The molecule has 0 aliphatic rings. The second kappa shape index (κ2) is 3.98. The van der Waals surface area contributed by atoms with E-state index in [1.807, 2.05) is 12.3 Å². The molecule has 0 bridgehead atoms. The lowest BCUT2D eigenvalue weighted by molar-refractivity contribution is 0.757. The van der Waals surface area contributed by atoms with Gasteiger partial charge in [-0.1, -0.05) is 34.8 Å². The van der Waals surface area contributed by atoms with Crippen LogP contribution in [0.25, 0.3) is 11.1 Å². The lowest BCUT2D eigenvalue weighted by atomic mass is 10.1. The van der Waals surface area contributed by atoms with Crippen molar-refractivity contribution >= 4 is 46.1 Å². The molecule has 0 spiro atoms. The fourth-order valence-electron chi connectivity index (χ4n) is 1.42. The Morgan fingerprint density at radius 2 is 2.00 bits per heavy atom. The highest BCUT2D eigenvalue weighted by molar-refractivity contribution is 7.15. The standard InChI is InChI=1S/C9H7Cl3N2S/c1-4-6(8(11)14(2)13-4)5-3-15-9(12)7(5)10/h3H,1-2H3. The Hall–Kier alpha value is -0.220. The molecular weight excluding hydrogens is 275 g/mol. The van der Waals surface area contributed by atoms with Gasteiger partial charge in [0.05, 0.1) is 10.7 Å². The lowest BCUT2D eigenvalue weighted by Gasteiger charge is -1.98. The van der Waals surface area contributed by atoms with E-state index in [0.717, 1.165) is 16.8 Å². The van der Waals surface area contributed by atoms with Crippen LogP contribution in [0.5, 0.6) is 0 Å². The van der Waals surface area contributed by atoms with E-state index in [1.165, 1.54) is 11.3 Å². The minimum atomic E-state index is 0.541. The van der Waals surface area contributed by atoms with Gasteiger partial charge in [0.25, 0.3) is 0 Å².